The molecule has 0 saturated heterocycles. The molecule has 0 aliphatic carbocycles. The van der Waals surface area contributed by atoms with Crippen LogP contribution in [0.1, 0.15) is 5.56 Å². The molecule has 0 spiro atoms. The molecule has 0 amide bonds. The summed E-state index contributed by atoms with van der Waals surface area (Å²) in [6.45, 7) is 3.85. The molecule has 2 aromatic rings. The highest BCUT2D eigenvalue weighted by molar-refractivity contribution is 9.10. The number of ether oxygens (including phenoxy) is 1. The molecular formula is C13H10BrO. The molecule has 0 N–H and O–H groups in total. The fraction of sp³-hybridized carbons (Fsp3) is 0. The second-order valence-electron chi connectivity index (χ2n) is 3.21. The van der Waals surface area contributed by atoms with E-state index in [0.29, 0.717) is 0 Å². The Hall–Kier alpha value is -1.28. The van der Waals surface area contributed by atoms with Gasteiger partial charge in [0.05, 0.1) is 0 Å². The second kappa shape index (κ2) is 4.49. The van der Waals surface area contributed by atoms with Crippen molar-refractivity contribution in [2.75, 3.05) is 0 Å². The van der Waals surface area contributed by atoms with E-state index in [4.69, 9.17) is 4.74 Å². The van der Waals surface area contributed by atoms with Gasteiger partial charge in [0.15, 0.2) is 0 Å². The van der Waals surface area contributed by atoms with Crippen molar-refractivity contribution >= 4 is 15.9 Å². The van der Waals surface area contributed by atoms with Crippen LogP contribution in [0.3, 0.4) is 0 Å². The van der Waals surface area contributed by atoms with Crippen LogP contribution < -0.4 is 4.74 Å². The lowest BCUT2D eigenvalue weighted by Gasteiger charge is -2.06. The summed E-state index contributed by atoms with van der Waals surface area (Å²) in [7, 11) is 0. The van der Waals surface area contributed by atoms with Crippen molar-refractivity contribution in [3.05, 3.63) is 65.5 Å². The van der Waals surface area contributed by atoms with Gasteiger partial charge in [0.25, 0.3) is 0 Å². The molecule has 2 rings (SSSR count). The summed E-state index contributed by atoms with van der Waals surface area (Å²) in [4.78, 5) is 0. The van der Waals surface area contributed by atoms with Crippen molar-refractivity contribution in [2.45, 2.75) is 0 Å². The maximum Gasteiger partial charge on any atom is 0.128 e. The average molecular weight is 262 g/mol. The zero-order valence-electron chi connectivity index (χ0n) is 8.11. The number of halogens is 1. The molecule has 0 aromatic heterocycles. The first-order valence-corrected chi connectivity index (χ1v) is 5.39. The third kappa shape index (κ3) is 2.83. The maximum absolute atomic E-state index is 5.67. The Morgan fingerprint density at radius 2 is 1.60 bits per heavy atom. The van der Waals surface area contributed by atoms with Gasteiger partial charge in [-0.2, -0.15) is 0 Å². The summed E-state index contributed by atoms with van der Waals surface area (Å²) >= 11 is 3.40. The Labute approximate surface area is 97.8 Å². The largest absolute Gasteiger partial charge is 0.457 e. The molecule has 2 heteroatoms. The number of hydrogen-bond donors (Lipinski definition) is 0. The van der Waals surface area contributed by atoms with E-state index < -0.39 is 0 Å². The molecule has 1 radical (unpaired) electrons. The summed E-state index contributed by atoms with van der Waals surface area (Å²) in [5, 5.41) is 0. The van der Waals surface area contributed by atoms with Crippen molar-refractivity contribution in [1.29, 1.82) is 0 Å². The van der Waals surface area contributed by atoms with Crippen LogP contribution in [0.15, 0.2) is 53.0 Å². The van der Waals surface area contributed by atoms with Gasteiger partial charge in [0, 0.05) is 4.47 Å². The quantitative estimate of drug-likeness (QED) is 0.778. The van der Waals surface area contributed by atoms with E-state index in [-0.39, 0.29) is 0 Å². The molecule has 75 valence electrons. The van der Waals surface area contributed by atoms with Crippen LogP contribution in [0.2, 0.25) is 0 Å². The molecule has 0 aliphatic rings. The minimum Gasteiger partial charge on any atom is -0.457 e. The average Bonchev–Trinajstić information content (AvgIpc) is 2.17. The Bertz CT molecular complexity index is 422. The summed E-state index contributed by atoms with van der Waals surface area (Å²) < 4.78 is 6.68. The van der Waals surface area contributed by atoms with E-state index in [1.54, 1.807) is 0 Å². The summed E-state index contributed by atoms with van der Waals surface area (Å²) in [5.41, 5.74) is 0.947. The fourth-order valence-corrected chi connectivity index (χ4v) is 1.65. The highest BCUT2D eigenvalue weighted by atomic mass is 79.9. The molecular weight excluding hydrogens is 252 g/mol. The molecule has 0 saturated carbocycles. The van der Waals surface area contributed by atoms with Crippen LogP contribution in [-0.2, 0) is 0 Å². The van der Waals surface area contributed by atoms with Gasteiger partial charge in [-0.3, -0.25) is 0 Å². The topological polar surface area (TPSA) is 9.23 Å². The van der Waals surface area contributed by atoms with E-state index in [1.165, 1.54) is 0 Å². The van der Waals surface area contributed by atoms with Gasteiger partial charge in [-0.1, -0.05) is 34.1 Å². The van der Waals surface area contributed by atoms with Crippen LogP contribution >= 0.6 is 15.9 Å². The van der Waals surface area contributed by atoms with Gasteiger partial charge in [-0.05, 0) is 42.8 Å². The molecule has 1 nitrogen and oxygen atoms in total. The van der Waals surface area contributed by atoms with Gasteiger partial charge < -0.3 is 4.74 Å². The number of rotatable bonds is 2. The first-order valence-electron chi connectivity index (χ1n) is 4.59. The van der Waals surface area contributed by atoms with Crippen molar-refractivity contribution in [3.8, 4) is 11.5 Å². The molecule has 0 atom stereocenters. The van der Waals surface area contributed by atoms with Gasteiger partial charge in [0.2, 0.25) is 0 Å². The predicted octanol–water partition coefficient (Wildman–Crippen LogP) is 4.42. The maximum atomic E-state index is 5.67. The number of benzene rings is 2. The third-order valence-electron chi connectivity index (χ3n) is 1.93. The molecule has 2 aromatic carbocycles. The number of hydrogen-bond acceptors (Lipinski definition) is 1. The first kappa shape index (κ1) is 10.2. The van der Waals surface area contributed by atoms with Crippen molar-refractivity contribution in [2.24, 2.45) is 0 Å². The van der Waals surface area contributed by atoms with Gasteiger partial charge in [-0.15, -0.1) is 0 Å². The smallest absolute Gasteiger partial charge is 0.128 e. The molecule has 0 bridgehead atoms. The summed E-state index contributed by atoms with van der Waals surface area (Å²) in [6.07, 6.45) is 0. The Morgan fingerprint density at radius 1 is 0.933 bits per heavy atom. The van der Waals surface area contributed by atoms with E-state index in [2.05, 4.69) is 22.9 Å². The zero-order chi connectivity index (χ0) is 10.7. The van der Waals surface area contributed by atoms with E-state index in [0.717, 1.165) is 21.5 Å². The normalized spacial score (nSPS) is 10.0. The second-order valence-corrected chi connectivity index (χ2v) is 4.12. The fourth-order valence-electron chi connectivity index (χ4n) is 1.28. The van der Waals surface area contributed by atoms with E-state index in [9.17, 15) is 0 Å². The van der Waals surface area contributed by atoms with Gasteiger partial charge >= 0.3 is 0 Å². The van der Waals surface area contributed by atoms with Crippen molar-refractivity contribution in [3.63, 3.8) is 0 Å². The Balaban J connectivity index is 2.22. The lowest BCUT2D eigenvalue weighted by molar-refractivity contribution is 0.482. The van der Waals surface area contributed by atoms with Crippen molar-refractivity contribution < 1.29 is 4.74 Å². The minimum atomic E-state index is 0.806. The van der Waals surface area contributed by atoms with Crippen LogP contribution in [0.4, 0.5) is 0 Å². The molecule has 0 unspecified atom stereocenters. The highest BCUT2D eigenvalue weighted by Gasteiger charge is 1.97. The monoisotopic (exact) mass is 261 g/mol. The molecule has 15 heavy (non-hydrogen) atoms. The lowest BCUT2D eigenvalue weighted by Crippen LogP contribution is -1.84. The minimum absolute atomic E-state index is 0.806. The Morgan fingerprint density at radius 3 is 2.27 bits per heavy atom. The zero-order valence-corrected chi connectivity index (χ0v) is 9.70. The van der Waals surface area contributed by atoms with Crippen LogP contribution in [0.5, 0.6) is 11.5 Å². The van der Waals surface area contributed by atoms with Crippen LogP contribution in [0, 0.1) is 6.92 Å². The van der Waals surface area contributed by atoms with Gasteiger partial charge in [0.1, 0.15) is 11.5 Å². The molecule has 0 fully saturated rings. The lowest BCUT2D eigenvalue weighted by atomic mass is 10.2. The molecule has 0 aliphatic heterocycles. The van der Waals surface area contributed by atoms with Gasteiger partial charge in [-0.25, -0.2) is 0 Å². The molecule has 0 heterocycles. The standard InChI is InChI=1S/C13H10BrO/c1-10-4-2-6-12(8-10)15-13-7-3-5-11(14)9-13/h2-9H,1H2. The third-order valence-corrected chi connectivity index (χ3v) is 2.42. The van der Waals surface area contributed by atoms with E-state index in [1.807, 2.05) is 48.5 Å². The predicted molar refractivity (Wildman–Crippen MR) is 65.1 cm³/mol. The van der Waals surface area contributed by atoms with Crippen LogP contribution in [-0.4, -0.2) is 0 Å². The van der Waals surface area contributed by atoms with Crippen LogP contribution in [0.25, 0.3) is 0 Å². The van der Waals surface area contributed by atoms with E-state index >= 15 is 0 Å². The SMILES string of the molecule is [CH2]c1cccc(Oc2cccc(Br)c2)c1. The Kier molecular flexibility index (Phi) is 3.07. The summed E-state index contributed by atoms with van der Waals surface area (Å²) in [6, 6.07) is 15.4. The first-order chi connectivity index (χ1) is 7.24. The highest BCUT2D eigenvalue weighted by Crippen LogP contribution is 2.24. The van der Waals surface area contributed by atoms with Crippen molar-refractivity contribution in [1.82, 2.24) is 0 Å². The summed E-state index contributed by atoms with van der Waals surface area (Å²) in [5.74, 6) is 1.62.